The monoisotopic (exact) mass is 343 g/mol. The van der Waals surface area contributed by atoms with E-state index in [0.717, 1.165) is 5.75 Å². The number of rotatable bonds is 6. The van der Waals surface area contributed by atoms with Crippen molar-refractivity contribution in [3.8, 4) is 6.07 Å². The summed E-state index contributed by atoms with van der Waals surface area (Å²) in [6.45, 7) is 1.93. The first kappa shape index (κ1) is 17.2. The van der Waals surface area contributed by atoms with Crippen molar-refractivity contribution in [3.05, 3.63) is 51.6 Å². The molecule has 2 rings (SSSR count). The lowest BCUT2D eigenvalue weighted by Crippen LogP contribution is -2.09. The molecule has 1 amide bonds. The first-order chi connectivity index (χ1) is 11.5. The highest BCUT2D eigenvalue weighted by atomic mass is 32.2. The second-order valence-corrected chi connectivity index (χ2v) is 5.75. The zero-order valence-electron chi connectivity index (χ0n) is 12.6. The van der Waals surface area contributed by atoms with Gasteiger partial charge in [-0.15, -0.1) is 11.8 Å². The number of carbonyl (C=O) groups excluding carboxylic acids is 1. The van der Waals surface area contributed by atoms with Gasteiger partial charge in [0.2, 0.25) is 5.91 Å². The van der Waals surface area contributed by atoms with Crippen molar-refractivity contribution in [1.29, 1.82) is 5.26 Å². The number of anilines is 1. The summed E-state index contributed by atoms with van der Waals surface area (Å²) in [6.07, 6.45) is 2.68. The molecule has 2 aromatic rings. The van der Waals surface area contributed by atoms with Crippen LogP contribution in [0, 0.1) is 21.4 Å². The number of non-ortho nitro benzene ring substituents is 1. The molecule has 122 valence electrons. The van der Waals surface area contributed by atoms with Gasteiger partial charge in [0.05, 0.1) is 4.92 Å². The number of aromatic nitrogens is 2. The lowest BCUT2D eigenvalue weighted by molar-refractivity contribution is -0.384. The third kappa shape index (κ3) is 4.21. The number of amides is 1. The van der Waals surface area contributed by atoms with Gasteiger partial charge in [0.1, 0.15) is 22.5 Å². The van der Waals surface area contributed by atoms with Crippen LogP contribution in [-0.4, -0.2) is 26.8 Å². The molecule has 0 aliphatic heterocycles. The lowest BCUT2D eigenvalue weighted by atomic mass is 10.2. The van der Waals surface area contributed by atoms with Gasteiger partial charge in [-0.25, -0.2) is 0 Å². The van der Waals surface area contributed by atoms with Gasteiger partial charge >= 0.3 is 0 Å². The highest BCUT2D eigenvalue weighted by Crippen LogP contribution is 2.24. The number of H-pyrrole nitrogens is 1. The Morgan fingerprint density at radius 1 is 1.58 bits per heavy atom. The van der Waals surface area contributed by atoms with Crippen LogP contribution in [-0.2, 0) is 4.79 Å². The average Bonchev–Trinajstić information content (AvgIpc) is 2.95. The van der Waals surface area contributed by atoms with Crippen LogP contribution >= 0.6 is 11.8 Å². The van der Waals surface area contributed by atoms with Gasteiger partial charge in [0.15, 0.2) is 0 Å². The number of nitro benzene ring substituents is 1. The Balaban J connectivity index is 2.10. The highest BCUT2D eigenvalue weighted by Gasteiger charge is 2.14. The van der Waals surface area contributed by atoms with Crippen LogP contribution in [0.2, 0.25) is 0 Å². The van der Waals surface area contributed by atoms with E-state index < -0.39 is 10.8 Å². The standard InChI is InChI=1S/C15H13N5O3S/c1-2-24-15-12(9-16)14(18-19-15)17-13(21)7-6-10-4-3-5-11(8-10)20(22)23/h3-8H,2H2,1H3,(H2,17,18,19,21). The van der Waals surface area contributed by atoms with E-state index in [9.17, 15) is 14.9 Å². The minimum absolute atomic E-state index is 0.0564. The number of thioether (sulfide) groups is 1. The Bertz CT molecular complexity index is 838. The van der Waals surface area contributed by atoms with Crippen molar-refractivity contribution in [2.45, 2.75) is 11.9 Å². The lowest BCUT2D eigenvalue weighted by Gasteiger charge is -1.99. The number of benzene rings is 1. The molecule has 1 aromatic heterocycles. The van der Waals surface area contributed by atoms with E-state index in [1.165, 1.54) is 42.1 Å². The summed E-state index contributed by atoms with van der Waals surface area (Å²) < 4.78 is 0. The SMILES string of the molecule is CCSc1n[nH]c(NC(=O)C=Cc2cccc([N+](=O)[O-])c2)c1C#N. The topological polar surface area (TPSA) is 125 Å². The van der Waals surface area contributed by atoms with Crippen LogP contribution in [0.1, 0.15) is 18.1 Å². The van der Waals surface area contributed by atoms with Crippen molar-refractivity contribution in [2.24, 2.45) is 0 Å². The Kier molecular flexibility index (Phi) is 5.70. The highest BCUT2D eigenvalue weighted by molar-refractivity contribution is 7.99. The van der Waals surface area contributed by atoms with Crippen molar-refractivity contribution in [3.63, 3.8) is 0 Å². The van der Waals surface area contributed by atoms with E-state index in [1.54, 1.807) is 6.07 Å². The van der Waals surface area contributed by atoms with Crippen LogP contribution in [0.25, 0.3) is 6.08 Å². The number of aromatic amines is 1. The normalized spacial score (nSPS) is 10.5. The van der Waals surface area contributed by atoms with Crippen molar-refractivity contribution in [2.75, 3.05) is 11.1 Å². The first-order valence-electron chi connectivity index (χ1n) is 6.90. The number of nitro groups is 1. The van der Waals surface area contributed by atoms with Crippen LogP contribution in [0.4, 0.5) is 11.5 Å². The maximum Gasteiger partial charge on any atom is 0.270 e. The first-order valence-corrected chi connectivity index (χ1v) is 7.88. The third-order valence-electron chi connectivity index (χ3n) is 2.88. The van der Waals surface area contributed by atoms with Gasteiger partial charge in [0, 0.05) is 18.2 Å². The molecule has 1 heterocycles. The van der Waals surface area contributed by atoms with Gasteiger partial charge in [-0.05, 0) is 17.4 Å². The van der Waals surface area contributed by atoms with E-state index in [2.05, 4.69) is 15.5 Å². The molecule has 0 saturated heterocycles. The number of hydrogen-bond acceptors (Lipinski definition) is 6. The summed E-state index contributed by atoms with van der Waals surface area (Å²) in [5.41, 5.74) is 0.741. The molecule has 0 aliphatic carbocycles. The molecule has 1 aromatic carbocycles. The molecule has 0 bridgehead atoms. The molecule has 8 nitrogen and oxygen atoms in total. The second kappa shape index (κ2) is 7.94. The number of nitrogens with one attached hydrogen (secondary N) is 2. The third-order valence-corrected chi connectivity index (χ3v) is 3.74. The smallest absolute Gasteiger partial charge is 0.270 e. The minimum Gasteiger partial charge on any atom is -0.306 e. The summed E-state index contributed by atoms with van der Waals surface area (Å²) in [6, 6.07) is 7.90. The predicted molar refractivity (Wildman–Crippen MR) is 90.5 cm³/mol. The van der Waals surface area contributed by atoms with Crippen LogP contribution in [0.5, 0.6) is 0 Å². The van der Waals surface area contributed by atoms with Crippen LogP contribution < -0.4 is 5.32 Å². The van der Waals surface area contributed by atoms with Gasteiger partial charge in [-0.1, -0.05) is 19.1 Å². The Labute approximate surface area is 141 Å². The predicted octanol–water partition coefficient (Wildman–Crippen LogP) is 2.95. The number of nitriles is 1. The van der Waals surface area contributed by atoms with E-state index in [1.807, 2.05) is 13.0 Å². The zero-order chi connectivity index (χ0) is 17.5. The second-order valence-electron chi connectivity index (χ2n) is 4.50. The van der Waals surface area contributed by atoms with Gasteiger partial charge < -0.3 is 5.32 Å². The molecule has 2 N–H and O–H groups in total. The number of hydrogen-bond donors (Lipinski definition) is 2. The van der Waals surface area contributed by atoms with Gasteiger partial charge in [-0.3, -0.25) is 20.0 Å². The molecule has 0 radical (unpaired) electrons. The van der Waals surface area contributed by atoms with Gasteiger partial charge in [0.25, 0.3) is 5.69 Å². The summed E-state index contributed by atoms with van der Waals surface area (Å²) in [7, 11) is 0. The average molecular weight is 343 g/mol. The molecule has 0 atom stereocenters. The van der Waals surface area contributed by atoms with Crippen LogP contribution in [0.3, 0.4) is 0 Å². The molecule has 9 heteroatoms. The fourth-order valence-corrected chi connectivity index (χ4v) is 2.52. The molecule has 0 aliphatic rings. The molecule has 0 fully saturated rings. The minimum atomic E-state index is -0.506. The summed E-state index contributed by atoms with van der Waals surface area (Å²) in [4.78, 5) is 22.2. The summed E-state index contributed by atoms with van der Waals surface area (Å²) >= 11 is 1.39. The molecule has 24 heavy (non-hydrogen) atoms. The summed E-state index contributed by atoms with van der Waals surface area (Å²) in [5, 5.41) is 29.5. The fraction of sp³-hybridized carbons (Fsp3) is 0.133. The summed E-state index contributed by atoms with van der Waals surface area (Å²) in [5.74, 6) is 0.497. The van der Waals surface area contributed by atoms with Crippen LogP contribution in [0.15, 0.2) is 35.4 Å². The van der Waals surface area contributed by atoms with E-state index in [4.69, 9.17) is 5.26 Å². The maximum absolute atomic E-state index is 11.9. The largest absolute Gasteiger partial charge is 0.306 e. The van der Waals surface area contributed by atoms with Crippen molar-refractivity contribution in [1.82, 2.24) is 10.2 Å². The number of carbonyl (C=O) groups is 1. The Morgan fingerprint density at radius 3 is 3.04 bits per heavy atom. The van der Waals surface area contributed by atoms with Gasteiger partial charge in [-0.2, -0.15) is 10.4 Å². The van der Waals surface area contributed by atoms with Crippen molar-refractivity contribution >= 4 is 35.3 Å². The van der Waals surface area contributed by atoms with E-state index in [-0.39, 0.29) is 17.1 Å². The number of nitrogens with zero attached hydrogens (tertiary/aromatic N) is 3. The molecule has 0 spiro atoms. The zero-order valence-corrected chi connectivity index (χ0v) is 13.5. The molecule has 0 unspecified atom stereocenters. The quantitative estimate of drug-likeness (QED) is 0.359. The Hall–Kier alpha value is -3.12. The molecule has 0 saturated carbocycles. The molecular formula is C15H13N5O3S. The Morgan fingerprint density at radius 2 is 2.38 bits per heavy atom. The van der Waals surface area contributed by atoms with E-state index >= 15 is 0 Å². The maximum atomic E-state index is 11.9. The van der Waals surface area contributed by atoms with Crippen molar-refractivity contribution < 1.29 is 9.72 Å². The fourth-order valence-electron chi connectivity index (χ4n) is 1.84. The molecular weight excluding hydrogens is 330 g/mol. The van der Waals surface area contributed by atoms with E-state index in [0.29, 0.717) is 10.6 Å².